The molecule has 0 saturated carbocycles. The highest BCUT2D eigenvalue weighted by Gasteiger charge is 2.33. The van der Waals surface area contributed by atoms with Crippen LogP contribution in [0.25, 0.3) is 0 Å². The van der Waals surface area contributed by atoms with Gasteiger partial charge >= 0.3 is 6.18 Å². The lowest BCUT2D eigenvalue weighted by Gasteiger charge is -2.33. The van der Waals surface area contributed by atoms with Gasteiger partial charge in [0.25, 0.3) is 0 Å². The van der Waals surface area contributed by atoms with Gasteiger partial charge in [-0.05, 0) is 37.3 Å². The van der Waals surface area contributed by atoms with Crippen molar-refractivity contribution >= 4 is 40.4 Å². The van der Waals surface area contributed by atoms with E-state index < -0.39 is 22.7 Å². The highest BCUT2D eigenvalue weighted by Crippen LogP contribution is 2.36. The molecule has 11 heteroatoms. The molecule has 174 valence electrons. The first kappa shape index (κ1) is 24.5. The standard InChI is InChI=1S/C21H24ClF3N4O2S/c1-14-2-4-16(32-14)11-26-19(30)12-28-6-8-29(9-7-28)13-20(31)27-15-3-5-18(22)17(10-15)21(23,24)25/h2-5,10H,6-9,11-13H2,1H3,(H,26,30)(H,27,31). The van der Waals surface area contributed by atoms with Crippen molar-refractivity contribution in [3.63, 3.8) is 0 Å². The Morgan fingerprint density at radius 3 is 2.22 bits per heavy atom. The van der Waals surface area contributed by atoms with Crippen molar-refractivity contribution in [3.8, 4) is 0 Å². The number of thiophene rings is 1. The molecule has 0 aliphatic carbocycles. The van der Waals surface area contributed by atoms with Crippen LogP contribution in [0.5, 0.6) is 0 Å². The van der Waals surface area contributed by atoms with Crippen molar-refractivity contribution in [2.75, 3.05) is 44.6 Å². The third-order valence-electron chi connectivity index (χ3n) is 5.01. The molecule has 0 unspecified atom stereocenters. The van der Waals surface area contributed by atoms with Crippen molar-refractivity contribution < 1.29 is 22.8 Å². The number of rotatable bonds is 7. The van der Waals surface area contributed by atoms with Crippen LogP contribution in [0.1, 0.15) is 15.3 Å². The molecule has 2 heterocycles. The first-order valence-electron chi connectivity index (χ1n) is 10.0. The van der Waals surface area contributed by atoms with Crippen molar-refractivity contribution in [2.24, 2.45) is 0 Å². The molecule has 3 rings (SSSR count). The smallest absolute Gasteiger partial charge is 0.350 e. The Morgan fingerprint density at radius 1 is 1.03 bits per heavy atom. The third-order valence-corrected chi connectivity index (χ3v) is 6.34. The zero-order valence-electron chi connectivity index (χ0n) is 17.5. The van der Waals surface area contributed by atoms with Crippen LogP contribution in [-0.4, -0.2) is 60.9 Å². The summed E-state index contributed by atoms with van der Waals surface area (Å²) in [5.41, 5.74) is -0.943. The molecule has 1 saturated heterocycles. The second kappa shape index (κ2) is 10.7. The van der Waals surface area contributed by atoms with Gasteiger partial charge in [-0.3, -0.25) is 19.4 Å². The Balaban J connectivity index is 1.40. The van der Waals surface area contributed by atoms with E-state index in [1.165, 1.54) is 10.9 Å². The van der Waals surface area contributed by atoms with E-state index in [0.29, 0.717) is 32.7 Å². The Hall–Kier alpha value is -2.14. The van der Waals surface area contributed by atoms with Crippen LogP contribution in [0.2, 0.25) is 5.02 Å². The first-order valence-corrected chi connectivity index (χ1v) is 11.2. The fourth-order valence-electron chi connectivity index (χ4n) is 3.35. The molecule has 0 bridgehead atoms. The summed E-state index contributed by atoms with van der Waals surface area (Å²) in [6.45, 7) is 5.29. The van der Waals surface area contributed by atoms with E-state index in [4.69, 9.17) is 11.6 Å². The molecule has 1 aliphatic rings. The van der Waals surface area contributed by atoms with Crippen LogP contribution >= 0.6 is 22.9 Å². The van der Waals surface area contributed by atoms with E-state index in [1.807, 2.05) is 28.9 Å². The molecular formula is C21H24ClF3N4O2S. The highest BCUT2D eigenvalue weighted by atomic mass is 35.5. The largest absolute Gasteiger partial charge is 0.417 e. The normalized spacial score (nSPS) is 15.5. The molecule has 0 spiro atoms. The van der Waals surface area contributed by atoms with Gasteiger partial charge in [0.05, 0.1) is 30.2 Å². The van der Waals surface area contributed by atoms with Gasteiger partial charge in [0, 0.05) is 41.6 Å². The lowest BCUT2D eigenvalue weighted by atomic mass is 10.2. The summed E-state index contributed by atoms with van der Waals surface area (Å²) < 4.78 is 38.9. The van der Waals surface area contributed by atoms with Gasteiger partial charge in [-0.15, -0.1) is 11.3 Å². The van der Waals surface area contributed by atoms with Crippen LogP contribution < -0.4 is 10.6 Å². The molecular weight excluding hydrogens is 465 g/mol. The van der Waals surface area contributed by atoms with Gasteiger partial charge in [-0.1, -0.05) is 11.6 Å². The van der Waals surface area contributed by atoms with Crippen molar-refractivity contribution in [1.82, 2.24) is 15.1 Å². The van der Waals surface area contributed by atoms with E-state index in [-0.39, 0.29) is 24.7 Å². The Bertz CT molecular complexity index is 959. The number of nitrogens with one attached hydrogen (secondary N) is 2. The average molecular weight is 489 g/mol. The summed E-state index contributed by atoms with van der Waals surface area (Å²) in [6, 6.07) is 7.29. The molecule has 6 nitrogen and oxygen atoms in total. The lowest BCUT2D eigenvalue weighted by molar-refractivity contribution is -0.137. The number of halogens is 4. The molecule has 1 aromatic heterocycles. The minimum Gasteiger partial charge on any atom is -0.350 e. The third kappa shape index (κ3) is 7.19. The van der Waals surface area contributed by atoms with Crippen molar-refractivity contribution in [3.05, 3.63) is 50.7 Å². The lowest BCUT2D eigenvalue weighted by Crippen LogP contribution is -2.50. The van der Waals surface area contributed by atoms with Gasteiger partial charge in [-0.25, -0.2) is 0 Å². The van der Waals surface area contributed by atoms with Gasteiger partial charge in [0.2, 0.25) is 11.8 Å². The van der Waals surface area contributed by atoms with Crippen molar-refractivity contribution in [2.45, 2.75) is 19.6 Å². The van der Waals surface area contributed by atoms with Gasteiger partial charge in [-0.2, -0.15) is 13.2 Å². The fourth-order valence-corrected chi connectivity index (χ4v) is 4.41. The molecule has 1 aromatic carbocycles. The summed E-state index contributed by atoms with van der Waals surface area (Å²) in [6.07, 6.45) is -4.59. The summed E-state index contributed by atoms with van der Waals surface area (Å²) in [5.74, 6) is -0.455. The zero-order valence-corrected chi connectivity index (χ0v) is 19.0. The number of amides is 2. The average Bonchev–Trinajstić information content (AvgIpc) is 3.14. The summed E-state index contributed by atoms with van der Waals surface area (Å²) in [4.78, 5) is 30.6. The van der Waals surface area contributed by atoms with E-state index >= 15 is 0 Å². The molecule has 0 atom stereocenters. The molecule has 2 N–H and O–H groups in total. The number of hydrogen-bond acceptors (Lipinski definition) is 5. The fraction of sp³-hybridized carbons (Fsp3) is 0.429. The maximum Gasteiger partial charge on any atom is 0.417 e. The number of anilines is 1. The number of piperazine rings is 1. The van der Waals surface area contributed by atoms with Gasteiger partial charge < -0.3 is 10.6 Å². The number of benzene rings is 1. The molecule has 2 aromatic rings. The van der Waals surface area contributed by atoms with E-state index in [1.54, 1.807) is 11.3 Å². The summed E-state index contributed by atoms with van der Waals surface area (Å²) in [5, 5.41) is 4.99. The zero-order chi connectivity index (χ0) is 23.3. The predicted octanol–water partition coefficient (Wildman–Crippen LogP) is 3.60. The van der Waals surface area contributed by atoms with Gasteiger partial charge in [0.15, 0.2) is 0 Å². The van der Waals surface area contributed by atoms with E-state index in [0.717, 1.165) is 17.0 Å². The number of alkyl halides is 3. The number of aryl methyl sites for hydroxylation is 1. The quantitative estimate of drug-likeness (QED) is 0.625. The maximum absolute atomic E-state index is 13.0. The van der Waals surface area contributed by atoms with E-state index in [9.17, 15) is 22.8 Å². The van der Waals surface area contributed by atoms with Crippen LogP contribution in [0.3, 0.4) is 0 Å². The van der Waals surface area contributed by atoms with Crippen LogP contribution in [0.4, 0.5) is 18.9 Å². The Labute approximate surface area is 193 Å². The van der Waals surface area contributed by atoms with E-state index in [2.05, 4.69) is 10.6 Å². The molecule has 1 fully saturated rings. The molecule has 32 heavy (non-hydrogen) atoms. The number of carbonyl (C=O) groups excluding carboxylic acids is 2. The first-order chi connectivity index (χ1) is 15.1. The molecule has 0 radical (unpaired) electrons. The van der Waals surface area contributed by atoms with Crippen LogP contribution in [0.15, 0.2) is 30.3 Å². The number of carbonyl (C=O) groups is 2. The van der Waals surface area contributed by atoms with Crippen LogP contribution in [0, 0.1) is 6.92 Å². The molecule has 1 aliphatic heterocycles. The maximum atomic E-state index is 13.0. The number of hydrogen-bond donors (Lipinski definition) is 2. The number of nitrogens with zero attached hydrogens (tertiary/aromatic N) is 2. The highest BCUT2D eigenvalue weighted by molar-refractivity contribution is 7.11. The predicted molar refractivity (Wildman–Crippen MR) is 119 cm³/mol. The SMILES string of the molecule is Cc1ccc(CNC(=O)CN2CCN(CC(=O)Nc3ccc(Cl)c(C(F)(F)F)c3)CC2)s1. The minimum atomic E-state index is -4.59. The second-order valence-corrected chi connectivity index (χ2v) is 9.36. The summed E-state index contributed by atoms with van der Waals surface area (Å²) >= 11 is 7.25. The Morgan fingerprint density at radius 2 is 1.66 bits per heavy atom. The van der Waals surface area contributed by atoms with Gasteiger partial charge in [0.1, 0.15) is 0 Å². The minimum absolute atomic E-state index is 0.0444. The van der Waals surface area contributed by atoms with Crippen molar-refractivity contribution in [1.29, 1.82) is 0 Å². The Kier molecular flexibility index (Phi) is 8.16. The van der Waals surface area contributed by atoms with Crippen LogP contribution in [-0.2, 0) is 22.3 Å². The molecule has 2 amide bonds. The second-order valence-electron chi connectivity index (χ2n) is 7.58. The monoisotopic (exact) mass is 488 g/mol. The summed E-state index contributed by atoms with van der Waals surface area (Å²) in [7, 11) is 0. The topological polar surface area (TPSA) is 64.7 Å².